The molecule has 1 aliphatic heterocycles. The van der Waals surface area contributed by atoms with E-state index < -0.39 is 0 Å². The molecule has 1 aromatic rings. The molecule has 3 rings (SSSR count). The number of hydrogen-bond acceptors (Lipinski definition) is 2. The summed E-state index contributed by atoms with van der Waals surface area (Å²) in [5, 5.41) is 0. The quantitative estimate of drug-likeness (QED) is 0.769. The van der Waals surface area contributed by atoms with Crippen molar-refractivity contribution in [3.8, 4) is 0 Å². The van der Waals surface area contributed by atoms with E-state index in [-0.39, 0.29) is 17.6 Å². The lowest BCUT2D eigenvalue weighted by molar-refractivity contribution is -0.117. The predicted octanol–water partition coefficient (Wildman–Crippen LogP) is 2.41. The fourth-order valence-electron chi connectivity index (χ4n) is 2.73. The minimum absolute atomic E-state index is 0.103. The van der Waals surface area contributed by atoms with Crippen molar-refractivity contribution >= 4 is 29.0 Å². The fourth-order valence-corrected chi connectivity index (χ4v) is 2.93. The monoisotopic (exact) mass is 263 g/mol. The second kappa shape index (κ2) is 4.39. The first-order valence-corrected chi connectivity index (χ1v) is 6.75. The van der Waals surface area contributed by atoms with Crippen LogP contribution in [-0.2, 0) is 11.2 Å². The van der Waals surface area contributed by atoms with Gasteiger partial charge in [0.2, 0.25) is 5.91 Å². The molecule has 1 amide bonds. The van der Waals surface area contributed by atoms with E-state index in [0.29, 0.717) is 25.3 Å². The van der Waals surface area contributed by atoms with Gasteiger partial charge in [0.1, 0.15) is 0 Å². The number of anilines is 1. The van der Waals surface area contributed by atoms with Gasteiger partial charge in [0.25, 0.3) is 0 Å². The lowest BCUT2D eigenvalue weighted by Gasteiger charge is -2.17. The van der Waals surface area contributed by atoms with E-state index in [4.69, 9.17) is 11.6 Å². The first kappa shape index (κ1) is 11.7. The van der Waals surface area contributed by atoms with E-state index in [1.807, 2.05) is 18.2 Å². The molecule has 0 bridgehead atoms. The SMILES string of the molecule is O=C1CCc2ccc(N3CC(CCl)CC3=O)cc21. The molecule has 1 aromatic carbocycles. The molecule has 0 spiro atoms. The molecule has 4 heteroatoms. The molecule has 94 valence electrons. The summed E-state index contributed by atoms with van der Waals surface area (Å²) in [6, 6.07) is 5.77. The highest BCUT2D eigenvalue weighted by Crippen LogP contribution is 2.30. The molecule has 1 atom stereocenters. The number of nitrogens with zero attached hydrogens (tertiary/aromatic N) is 1. The Morgan fingerprint density at radius 3 is 2.83 bits per heavy atom. The lowest BCUT2D eigenvalue weighted by atomic mass is 10.1. The van der Waals surface area contributed by atoms with Crippen LogP contribution in [-0.4, -0.2) is 24.1 Å². The summed E-state index contributed by atoms with van der Waals surface area (Å²) in [7, 11) is 0. The van der Waals surface area contributed by atoms with Crippen LogP contribution in [0.2, 0.25) is 0 Å². The highest BCUT2D eigenvalue weighted by Gasteiger charge is 2.31. The van der Waals surface area contributed by atoms with Crippen LogP contribution < -0.4 is 4.90 Å². The van der Waals surface area contributed by atoms with Crippen LogP contribution in [0.15, 0.2) is 18.2 Å². The Morgan fingerprint density at radius 1 is 1.28 bits per heavy atom. The number of aryl methyl sites for hydroxylation is 1. The van der Waals surface area contributed by atoms with Crippen LogP contribution in [0.25, 0.3) is 0 Å². The maximum atomic E-state index is 11.9. The second-order valence-corrected chi connectivity index (χ2v) is 5.30. The zero-order valence-corrected chi connectivity index (χ0v) is 10.7. The third kappa shape index (κ3) is 1.83. The van der Waals surface area contributed by atoms with Gasteiger partial charge in [-0.2, -0.15) is 0 Å². The molecule has 1 fully saturated rings. The van der Waals surface area contributed by atoms with Gasteiger partial charge < -0.3 is 4.90 Å². The van der Waals surface area contributed by atoms with Crippen molar-refractivity contribution in [2.45, 2.75) is 19.3 Å². The molecule has 0 radical (unpaired) electrons. The lowest BCUT2D eigenvalue weighted by Crippen LogP contribution is -2.24. The largest absolute Gasteiger partial charge is 0.312 e. The number of carbonyl (C=O) groups is 2. The van der Waals surface area contributed by atoms with Crippen LogP contribution in [0.4, 0.5) is 5.69 Å². The summed E-state index contributed by atoms with van der Waals surface area (Å²) < 4.78 is 0. The van der Waals surface area contributed by atoms with Gasteiger partial charge in [0, 0.05) is 36.5 Å². The Morgan fingerprint density at radius 2 is 2.11 bits per heavy atom. The third-order valence-corrected chi connectivity index (χ3v) is 4.19. The van der Waals surface area contributed by atoms with Crippen molar-refractivity contribution < 1.29 is 9.59 Å². The van der Waals surface area contributed by atoms with Crippen molar-refractivity contribution in [1.29, 1.82) is 0 Å². The number of ketones is 1. The minimum Gasteiger partial charge on any atom is -0.312 e. The van der Waals surface area contributed by atoms with Crippen molar-refractivity contribution in [2.24, 2.45) is 5.92 Å². The Balaban J connectivity index is 1.92. The molecule has 0 saturated carbocycles. The predicted molar refractivity (Wildman–Crippen MR) is 70.3 cm³/mol. The van der Waals surface area contributed by atoms with Gasteiger partial charge >= 0.3 is 0 Å². The number of benzene rings is 1. The Bertz CT molecular complexity index is 527. The molecular weight excluding hydrogens is 250 g/mol. The van der Waals surface area contributed by atoms with E-state index in [1.54, 1.807) is 4.90 Å². The van der Waals surface area contributed by atoms with Gasteiger partial charge in [-0.25, -0.2) is 0 Å². The average Bonchev–Trinajstić information content (AvgIpc) is 2.93. The molecule has 3 nitrogen and oxygen atoms in total. The number of hydrogen-bond donors (Lipinski definition) is 0. The zero-order chi connectivity index (χ0) is 12.7. The third-order valence-electron chi connectivity index (χ3n) is 3.75. The van der Waals surface area contributed by atoms with E-state index >= 15 is 0 Å². The van der Waals surface area contributed by atoms with Gasteiger partial charge in [-0.15, -0.1) is 11.6 Å². The molecule has 1 heterocycles. The molecular formula is C14H14ClNO2. The van der Waals surface area contributed by atoms with Crippen LogP contribution in [0, 0.1) is 5.92 Å². The zero-order valence-electron chi connectivity index (χ0n) is 9.99. The molecule has 1 unspecified atom stereocenters. The highest BCUT2D eigenvalue weighted by atomic mass is 35.5. The van der Waals surface area contributed by atoms with Crippen molar-refractivity contribution in [3.05, 3.63) is 29.3 Å². The number of halogens is 1. The fraction of sp³-hybridized carbons (Fsp3) is 0.429. The maximum absolute atomic E-state index is 11.9. The molecule has 18 heavy (non-hydrogen) atoms. The van der Waals surface area contributed by atoms with Crippen molar-refractivity contribution in [2.75, 3.05) is 17.3 Å². The van der Waals surface area contributed by atoms with Gasteiger partial charge in [0.15, 0.2) is 5.78 Å². The van der Waals surface area contributed by atoms with Crippen LogP contribution >= 0.6 is 11.6 Å². The maximum Gasteiger partial charge on any atom is 0.227 e. The second-order valence-electron chi connectivity index (χ2n) is 4.99. The van der Waals surface area contributed by atoms with Gasteiger partial charge in [-0.05, 0) is 30.0 Å². The summed E-state index contributed by atoms with van der Waals surface area (Å²) in [6.07, 6.45) is 1.93. The Hall–Kier alpha value is -1.35. The van der Waals surface area contributed by atoms with E-state index in [2.05, 4.69) is 0 Å². The van der Waals surface area contributed by atoms with Crippen LogP contribution in [0.1, 0.15) is 28.8 Å². The molecule has 1 aliphatic carbocycles. The summed E-state index contributed by atoms with van der Waals surface area (Å²) in [4.78, 5) is 25.4. The van der Waals surface area contributed by atoms with Gasteiger partial charge in [0.05, 0.1) is 0 Å². The van der Waals surface area contributed by atoms with E-state index in [0.717, 1.165) is 23.2 Å². The molecule has 2 aliphatic rings. The highest BCUT2D eigenvalue weighted by molar-refractivity contribution is 6.18. The summed E-state index contributed by atoms with van der Waals surface area (Å²) in [6.45, 7) is 0.662. The molecule has 0 N–H and O–H groups in total. The smallest absolute Gasteiger partial charge is 0.227 e. The number of carbonyl (C=O) groups excluding carboxylic acids is 2. The number of amides is 1. The van der Waals surface area contributed by atoms with Crippen molar-refractivity contribution in [3.63, 3.8) is 0 Å². The van der Waals surface area contributed by atoms with Gasteiger partial charge in [-0.3, -0.25) is 9.59 Å². The number of fused-ring (bicyclic) bond motifs is 1. The summed E-state index contributed by atoms with van der Waals surface area (Å²) in [5.74, 6) is 1.02. The van der Waals surface area contributed by atoms with Crippen LogP contribution in [0.3, 0.4) is 0 Å². The van der Waals surface area contributed by atoms with E-state index in [1.165, 1.54) is 0 Å². The number of rotatable bonds is 2. The summed E-state index contributed by atoms with van der Waals surface area (Å²) >= 11 is 5.81. The number of Topliss-reactive ketones (excluding diaryl/α,β-unsaturated/α-hetero) is 1. The molecule has 0 aromatic heterocycles. The Labute approximate surface area is 111 Å². The summed E-state index contributed by atoms with van der Waals surface area (Å²) in [5.41, 5.74) is 2.72. The Kier molecular flexibility index (Phi) is 2.86. The average molecular weight is 264 g/mol. The first-order chi connectivity index (χ1) is 8.69. The van der Waals surface area contributed by atoms with Crippen LogP contribution in [0.5, 0.6) is 0 Å². The topological polar surface area (TPSA) is 37.4 Å². The minimum atomic E-state index is 0.103. The standard InChI is InChI=1S/C14H14ClNO2/c15-7-9-5-14(18)16(8-9)11-3-1-10-2-4-13(17)12(10)6-11/h1,3,6,9H,2,4-5,7-8H2. The number of alkyl halides is 1. The molecule has 1 saturated heterocycles. The normalized spacial score (nSPS) is 22.7. The first-order valence-electron chi connectivity index (χ1n) is 6.21. The van der Waals surface area contributed by atoms with Gasteiger partial charge in [-0.1, -0.05) is 6.07 Å². The van der Waals surface area contributed by atoms with Crippen molar-refractivity contribution in [1.82, 2.24) is 0 Å². The van der Waals surface area contributed by atoms with E-state index in [9.17, 15) is 9.59 Å².